The lowest BCUT2D eigenvalue weighted by Gasteiger charge is -2.23. The number of ether oxygens (including phenoxy) is 1. The molecule has 1 aromatic carbocycles. The van der Waals surface area contributed by atoms with E-state index in [4.69, 9.17) is 5.41 Å². The Morgan fingerprint density at radius 1 is 1.10 bits per heavy atom. The van der Waals surface area contributed by atoms with Crippen LogP contribution in [0.1, 0.15) is 5.69 Å². The molecule has 0 fully saturated rings. The van der Waals surface area contributed by atoms with Gasteiger partial charge in [0.25, 0.3) is 0 Å². The van der Waals surface area contributed by atoms with Crippen molar-refractivity contribution in [1.29, 1.82) is 5.41 Å². The van der Waals surface area contributed by atoms with Crippen molar-refractivity contribution >= 4 is 23.4 Å². The van der Waals surface area contributed by atoms with E-state index in [0.29, 0.717) is 11.5 Å². The van der Waals surface area contributed by atoms with Crippen LogP contribution < -0.4 is 19.9 Å². The molecule has 0 amide bonds. The van der Waals surface area contributed by atoms with Gasteiger partial charge < -0.3 is 19.4 Å². The largest absolute Gasteiger partial charge is 0.573 e. The van der Waals surface area contributed by atoms with Crippen LogP contribution in [-0.2, 0) is 0 Å². The second-order valence-corrected chi connectivity index (χ2v) is 6.99. The maximum absolute atomic E-state index is 12.4. The van der Waals surface area contributed by atoms with Crippen molar-refractivity contribution in [2.24, 2.45) is 0 Å². The van der Waals surface area contributed by atoms with Crippen molar-refractivity contribution in [2.45, 2.75) is 13.3 Å². The predicted octanol–water partition coefficient (Wildman–Crippen LogP) is 3.16. The Bertz CT molecular complexity index is 873. The van der Waals surface area contributed by atoms with E-state index in [-0.39, 0.29) is 17.7 Å². The van der Waals surface area contributed by atoms with E-state index in [9.17, 15) is 13.2 Å². The number of halogens is 3. The van der Waals surface area contributed by atoms with Crippen molar-refractivity contribution in [3.63, 3.8) is 0 Å². The molecule has 0 aliphatic carbocycles. The van der Waals surface area contributed by atoms with Gasteiger partial charge in [-0.05, 0) is 33.2 Å². The highest BCUT2D eigenvalue weighted by atomic mass is 19.4. The molecule has 0 aliphatic heterocycles. The Morgan fingerprint density at radius 2 is 1.80 bits per heavy atom. The second-order valence-electron chi connectivity index (χ2n) is 6.99. The van der Waals surface area contributed by atoms with Crippen LogP contribution in [0.5, 0.6) is 5.75 Å². The van der Waals surface area contributed by atoms with E-state index in [1.165, 1.54) is 23.1 Å². The smallest absolute Gasteiger partial charge is 0.406 e. The number of aromatic nitrogens is 2. The second kappa shape index (κ2) is 9.61. The maximum Gasteiger partial charge on any atom is 0.573 e. The van der Waals surface area contributed by atoms with Gasteiger partial charge in [0.1, 0.15) is 11.6 Å². The molecule has 8 nitrogen and oxygen atoms in total. The van der Waals surface area contributed by atoms with Crippen molar-refractivity contribution in [2.75, 3.05) is 56.4 Å². The fraction of sp³-hybridized carbons (Fsp3) is 0.421. The first kappa shape index (κ1) is 23.2. The minimum Gasteiger partial charge on any atom is -0.406 e. The van der Waals surface area contributed by atoms with Gasteiger partial charge in [0.05, 0.1) is 0 Å². The van der Waals surface area contributed by atoms with Crippen LogP contribution in [0.15, 0.2) is 30.3 Å². The summed E-state index contributed by atoms with van der Waals surface area (Å²) in [7, 11) is 7.43. The van der Waals surface area contributed by atoms with E-state index in [1.54, 1.807) is 13.1 Å². The standard InChI is InChI=1S/C19H26F3N7O/c1-13-11-16(28(4)10-9-27(2)3)25-18(24-13)26-17(23)29(5)14-7-6-8-15(12-14)30-19(20,21)22/h6-8,11-12H,9-10H2,1-5H3,(H2,23,24,25,26). The van der Waals surface area contributed by atoms with E-state index in [0.717, 1.165) is 18.8 Å². The van der Waals surface area contributed by atoms with Gasteiger partial charge in [0.15, 0.2) is 0 Å². The molecule has 0 saturated heterocycles. The third kappa shape index (κ3) is 7.07. The zero-order valence-electron chi connectivity index (χ0n) is 17.6. The highest BCUT2D eigenvalue weighted by Crippen LogP contribution is 2.26. The SMILES string of the molecule is Cc1cc(N(C)CCN(C)C)nc(NC(=N)N(C)c2cccc(OC(F)(F)F)c2)n1. The zero-order chi connectivity index (χ0) is 22.5. The third-order valence-electron chi connectivity index (χ3n) is 4.12. The van der Waals surface area contributed by atoms with Crippen molar-refractivity contribution in [3.05, 3.63) is 36.0 Å². The van der Waals surface area contributed by atoms with Gasteiger partial charge in [-0.25, -0.2) is 4.98 Å². The number of guanidine groups is 1. The van der Waals surface area contributed by atoms with Crippen LogP contribution in [-0.4, -0.2) is 68.5 Å². The van der Waals surface area contributed by atoms with E-state index < -0.39 is 6.36 Å². The van der Waals surface area contributed by atoms with Gasteiger partial charge >= 0.3 is 6.36 Å². The highest BCUT2D eigenvalue weighted by molar-refractivity contribution is 6.02. The molecule has 2 N–H and O–H groups in total. The molecular weight excluding hydrogens is 399 g/mol. The average molecular weight is 425 g/mol. The molecule has 30 heavy (non-hydrogen) atoms. The van der Waals surface area contributed by atoms with Crippen LogP contribution in [0, 0.1) is 12.3 Å². The summed E-state index contributed by atoms with van der Waals surface area (Å²) < 4.78 is 41.3. The number of alkyl halides is 3. The van der Waals surface area contributed by atoms with E-state index in [2.05, 4.69) is 24.9 Å². The highest BCUT2D eigenvalue weighted by Gasteiger charge is 2.31. The fourth-order valence-electron chi connectivity index (χ4n) is 2.48. The van der Waals surface area contributed by atoms with Crippen molar-refractivity contribution < 1.29 is 17.9 Å². The predicted molar refractivity (Wildman–Crippen MR) is 111 cm³/mol. The minimum atomic E-state index is -4.78. The first-order chi connectivity index (χ1) is 13.9. The monoisotopic (exact) mass is 425 g/mol. The maximum atomic E-state index is 12.4. The van der Waals surface area contributed by atoms with E-state index in [1.807, 2.05) is 39.0 Å². The molecule has 2 rings (SSSR count). The van der Waals surface area contributed by atoms with Gasteiger partial charge in [-0.1, -0.05) is 6.07 Å². The van der Waals surface area contributed by atoms with Crippen LogP contribution in [0.25, 0.3) is 0 Å². The summed E-state index contributed by atoms with van der Waals surface area (Å²) in [6.45, 7) is 3.42. The first-order valence-electron chi connectivity index (χ1n) is 9.11. The Labute approximate surface area is 173 Å². The molecule has 1 aromatic heterocycles. The molecule has 0 unspecified atom stereocenters. The summed E-state index contributed by atoms with van der Waals surface area (Å²) in [5.41, 5.74) is 1.06. The number of hydrogen-bond acceptors (Lipinski definition) is 6. The Balaban J connectivity index is 2.12. The number of nitrogens with one attached hydrogen (secondary N) is 2. The van der Waals surface area contributed by atoms with Gasteiger partial charge in [-0.3, -0.25) is 10.7 Å². The molecule has 0 saturated carbocycles. The molecule has 2 aromatic rings. The van der Waals surface area contributed by atoms with Crippen LogP contribution in [0.3, 0.4) is 0 Å². The zero-order valence-corrected chi connectivity index (χ0v) is 17.6. The Kier molecular flexibility index (Phi) is 7.43. The molecule has 11 heteroatoms. The molecule has 0 atom stereocenters. The lowest BCUT2D eigenvalue weighted by atomic mass is 10.3. The molecule has 164 valence electrons. The number of hydrogen-bond donors (Lipinski definition) is 2. The molecular formula is C19H26F3N7O. The van der Waals surface area contributed by atoms with E-state index >= 15 is 0 Å². The number of rotatable bonds is 7. The molecule has 1 heterocycles. The average Bonchev–Trinajstić information content (AvgIpc) is 2.63. The summed E-state index contributed by atoms with van der Waals surface area (Å²) in [5.74, 6) is 0.451. The molecule has 0 radical (unpaired) electrons. The number of nitrogens with zero attached hydrogens (tertiary/aromatic N) is 5. The number of aryl methyl sites for hydroxylation is 1. The van der Waals surface area contributed by atoms with Gasteiger partial charge in [0.2, 0.25) is 11.9 Å². The summed E-state index contributed by atoms with van der Waals surface area (Å²) in [6.07, 6.45) is -4.78. The fourth-order valence-corrected chi connectivity index (χ4v) is 2.48. The van der Waals surface area contributed by atoms with Crippen molar-refractivity contribution in [1.82, 2.24) is 14.9 Å². The summed E-state index contributed by atoms with van der Waals surface area (Å²) in [6, 6.07) is 7.22. The van der Waals surface area contributed by atoms with Crippen LogP contribution >= 0.6 is 0 Å². The molecule has 0 bridgehead atoms. The molecule has 0 spiro atoms. The van der Waals surface area contributed by atoms with Crippen molar-refractivity contribution in [3.8, 4) is 5.75 Å². The summed E-state index contributed by atoms with van der Waals surface area (Å²) in [4.78, 5) is 14.1. The quantitative estimate of drug-likeness (QED) is 0.521. The number of benzene rings is 1. The minimum absolute atomic E-state index is 0.105. The topological polar surface area (TPSA) is 80.6 Å². The van der Waals surface area contributed by atoms with Gasteiger partial charge in [0, 0.05) is 50.7 Å². The Hall–Kier alpha value is -3.08. The van der Waals surface area contributed by atoms with Crippen LogP contribution in [0.2, 0.25) is 0 Å². The van der Waals surface area contributed by atoms with Crippen LogP contribution in [0.4, 0.5) is 30.6 Å². The third-order valence-corrected chi connectivity index (χ3v) is 4.12. The molecule has 0 aliphatic rings. The normalized spacial score (nSPS) is 11.4. The summed E-state index contributed by atoms with van der Waals surface area (Å²) >= 11 is 0. The van der Waals surface area contributed by atoms with Gasteiger partial charge in [-0.2, -0.15) is 4.98 Å². The first-order valence-corrected chi connectivity index (χ1v) is 9.11. The number of likely N-dealkylation sites (N-methyl/N-ethyl adjacent to an activating group) is 2. The summed E-state index contributed by atoms with van der Waals surface area (Å²) in [5, 5.41) is 11.1. The Morgan fingerprint density at radius 3 is 2.43 bits per heavy atom. The number of anilines is 3. The lowest BCUT2D eigenvalue weighted by Crippen LogP contribution is -2.33. The lowest BCUT2D eigenvalue weighted by molar-refractivity contribution is -0.274. The van der Waals surface area contributed by atoms with Gasteiger partial charge in [-0.15, -0.1) is 13.2 Å².